The molecule has 8 nitrogen and oxygen atoms in total. The number of hydrazine groups is 1. The van der Waals surface area contributed by atoms with Crippen LogP contribution in [0.2, 0.25) is 0 Å². The summed E-state index contributed by atoms with van der Waals surface area (Å²) in [7, 11) is 0. The minimum Gasteiger partial charge on any atom is -0.361 e. The second-order valence-corrected chi connectivity index (χ2v) is 5.20. The van der Waals surface area contributed by atoms with E-state index in [0.717, 1.165) is 24.9 Å². The maximum absolute atomic E-state index is 11.8. The maximum atomic E-state index is 11.8. The van der Waals surface area contributed by atoms with Crippen molar-refractivity contribution >= 4 is 23.2 Å². The van der Waals surface area contributed by atoms with E-state index in [4.69, 9.17) is 12.2 Å². The lowest BCUT2D eigenvalue weighted by Gasteiger charge is -2.10. The number of benzene rings is 1. The van der Waals surface area contributed by atoms with Crippen molar-refractivity contribution in [2.75, 3.05) is 6.54 Å². The van der Waals surface area contributed by atoms with Gasteiger partial charge in [-0.3, -0.25) is 15.6 Å². The summed E-state index contributed by atoms with van der Waals surface area (Å²) >= 11 is 5.03. The van der Waals surface area contributed by atoms with E-state index in [9.17, 15) is 4.79 Å². The van der Waals surface area contributed by atoms with Crippen LogP contribution in [0.25, 0.3) is 11.4 Å². The van der Waals surface area contributed by atoms with E-state index in [-0.39, 0.29) is 12.5 Å². The molecule has 0 unspecified atom stereocenters. The van der Waals surface area contributed by atoms with Crippen LogP contribution in [0, 0.1) is 0 Å². The first-order valence-electron chi connectivity index (χ1n) is 7.35. The zero-order valence-corrected chi connectivity index (χ0v) is 13.6. The zero-order chi connectivity index (χ0) is 16.5. The van der Waals surface area contributed by atoms with E-state index in [1.165, 1.54) is 4.80 Å². The van der Waals surface area contributed by atoms with Crippen molar-refractivity contribution in [2.24, 2.45) is 0 Å². The van der Waals surface area contributed by atoms with Gasteiger partial charge in [-0.1, -0.05) is 43.7 Å². The normalized spacial score (nSPS) is 10.1. The molecule has 0 spiro atoms. The first-order valence-corrected chi connectivity index (χ1v) is 7.75. The maximum Gasteiger partial charge on any atom is 0.262 e. The molecule has 1 heterocycles. The van der Waals surface area contributed by atoms with Gasteiger partial charge in [0, 0.05) is 12.1 Å². The lowest BCUT2D eigenvalue weighted by Crippen LogP contribution is -2.48. The number of carbonyl (C=O) groups is 1. The largest absolute Gasteiger partial charge is 0.361 e. The summed E-state index contributed by atoms with van der Waals surface area (Å²) in [6.45, 7) is 2.81. The predicted octanol–water partition coefficient (Wildman–Crippen LogP) is 0.635. The van der Waals surface area contributed by atoms with Crippen molar-refractivity contribution in [3.8, 4) is 11.4 Å². The van der Waals surface area contributed by atoms with Crippen LogP contribution < -0.4 is 16.2 Å². The number of nitrogens with one attached hydrogen (secondary N) is 3. The van der Waals surface area contributed by atoms with Gasteiger partial charge in [-0.15, -0.1) is 10.2 Å². The quantitative estimate of drug-likeness (QED) is 0.405. The van der Waals surface area contributed by atoms with Gasteiger partial charge in [-0.2, -0.15) is 4.80 Å². The molecule has 0 fully saturated rings. The van der Waals surface area contributed by atoms with Gasteiger partial charge in [0.25, 0.3) is 5.91 Å². The van der Waals surface area contributed by atoms with Gasteiger partial charge in [0.15, 0.2) is 5.11 Å². The fourth-order valence-electron chi connectivity index (χ4n) is 1.73. The molecule has 1 aromatic carbocycles. The number of rotatable bonds is 6. The Morgan fingerprint density at radius 2 is 2.04 bits per heavy atom. The molecule has 0 saturated carbocycles. The van der Waals surface area contributed by atoms with Gasteiger partial charge >= 0.3 is 0 Å². The number of carbonyl (C=O) groups excluding carboxylic acids is 1. The van der Waals surface area contributed by atoms with Crippen LogP contribution in [-0.4, -0.2) is 37.8 Å². The van der Waals surface area contributed by atoms with Gasteiger partial charge in [0.2, 0.25) is 5.82 Å². The van der Waals surface area contributed by atoms with E-state index < -0.39 is 0 Å². The monoisotopic (exact) mass is 333 g/mol. The Balaban J connectivity index is 1.78. The zero-order valence-electron chi connectivity index (χ0n) is 12.8. The van der Waals surface area contributed by atoms with E-state index in [1.54, 1.807) is 0 Å². The molecule has 0 radical (unpaired) electrons. The molecular weight excluding hydrogens is 314 g/mol. The molecule has 0 saturated heterocycles. The summed E-state index contributed by atoms with van der Waals surface area (Å²) in [4.78, 5) is 13.0. The van der Waals surface area contributed by atoms with Crippen molar-refractivity contribution in [3.05, 3.63) is 30.3 Å². The van der Waals surface area contributed by atoms with E-state index in [1.807, 2.05) is 30.3 Å². The summed E-state index contributed by atoms with van der Waals surface area (Å²) in [5.41, 5.74) is 5.96. The van der Waals surface area contributed by atoms with Crippen molar-refractivity contribution in [1.82, 2.24) is 36.4 Å². The fourth-order valence-corrected chi connectivity index (χ4v) is 1.88. The average Bonchev–Trinajstić information content (AvgIpc) is 3.02. The third-order valence-corrected chi connectivity index (χ3v) is 3.15. The molecule has 1 aromatic heterocycles. The first kappa shape index (κ1) is 16.8. The Kier molecular flexibility index (Phi) is 6.42. The van der Waals surface area contributed by atoms with Crippen LogP contribution in [0.4, 0.5) is 0 Å². The van der Waals surface area contributed by atoms with E-state index in [0.29, 0.717) is 10.9 Å². The van der Waals surface area contributed by atoms with Crippen molar-refractivity contribution in [1.29, 1.82) is 0 Å². The third-order valence-electron chi connectivity index (χ3n) is 2.90. The van der Waals surface area contributed by atoms with Crippen LogP contribution in [0.5, 0.6) is 0 Å². The number of hydrogen-bond donors (Lipinski definition) is 3. The average molecular weight is 333 g/mol. The minimum atomic E-state index is -0.318. The Labute approximate surface area is 139 Å². The number of aromatic nitrogens is 4. The SMILES string of the molecule is CCCCNC(=S)NNC(=O)Cn1nnc(-c2ccccc2)n1. The lowest BCUT2D eigenvalue weighted by atomic mass is 10.2. The molecule has 0 atom stereocenters. The van der Waals surface area contributed by atoms with Gasteiger partial charge in [-0.25, -0.2) is 0 Å². The van der Waals surface area contributed by atoms with Crippen LogP contribution in [0.15, 0.2) is 30.3 Å². The van der Waals surface area contributed by atoms with Gasteiger partial charge in [0.05, 0.1) is 0 Å². The third kappa shape index (κ3) is 5.62. The Hall–Kier alpha value is -2.55. The molecule has 23 heavy (non-hydrogen) atoms. The summed E-state index contributed by atoms with van der Waals surface area (Å²) in [5.74, 6) is 0.157. The Bertz CT molecular complexity index is 644. The van der Waals surface area contributed by atoms with Crippen molar-refractivity contribution in [2.45, 2.75) is 26.3 Å². The molecule has 0 aliphatic heterocycles. The molecule has 3 N–H and O–H groups in total. The second-order valence-electron chi connectivity index (χ2n) is 4.79. The smallest absolute Gasteiger partial charge is 0.262 e. The van der Waals surface area contributed by atoms with Crippen molar-refractivity contribution < 1.29 is 4.79 Å². The highest BCUT2D eigenvalue weighted by atomic mass is 32.1. The molecule has 2 aromatic rings. The highest BCUT2D eigenvalue weighted by Gasteiger charge is 2.09. The molecule has 0 bridgehead atoms. The number of unbranched alkanes of at least 4 members (excludes halogenated alkanes) is 1. The van der Waals surface area contributed by atoms with Gasteiger partial charge in [-0.05, 0) is 23.9 Å². The number of hydrogen-bond acceptors (Lipinski definition) is 5. The molecule has 1 amide bonds. The van der Waals surface area contributed by atoms with Crippen LogP contribution in [-0.2, 0) is 11.3 Å². The summed E-state index contributed by atoms with van der Waals surface area (Å²) in [6, 6.07) is 9.44. The standard InChI is InChI=1S/C14H19N7OS/c1-2-3-9-15-14(23)18-16-12(22)10-21-19-13(17-20-21)11-7-5-4-6-8-11/h4-8H,2-3,9-10H2,1H3,(H,16,22)(H2,15,18,23). The first-order chi connectivity index (χ1) is 11.2. The van der Waals surface area contributed by atoms with E-state index in [2.05, 4.69) is 38.5 Å². The highest BCUT2D eigenvalue weighted by molar-refractivity contribution is 7.80. The number of tetrazole rings is 1. The second kappa shape index (κ2) is 8.79. The fraction of sp³-hybridized carbons (Fsp3) is 0.357. The number of nitrogens with zero attached hydrogens (tertiary/aromatic N) is 4. The van der Waals surface area contributed by atoms with Gasteiger partial charge in [0.1, 0.15) is 6.54 Å². The predicted molar refractivity (Wildman–Crippen MR) is 90.0 cm³/mol. The van der Waals surface area contributed by atoms with Crippen LogP contribution in [0.3, 0.4) is 0 Å². The summed E-state index contributed by atoms with van der Waals surface area (Å²) in [6.07, 6.45) is 2.09. The topological polar surface area (TPSA) is 96.8 Å². The molecule has 9 heteroatoms. The Morgan fingerprint density at radius 3 is 2.78 bits per heavy atom. The molecule has 122 valence electrons. The molecular formula is C14H19N7OS. The molecule has 0 aliphatic rings. The van der Waals surface area contributed by atoms with Crippen LogP contribution in [0.1, 0.15) is 19.8 Å². The highest BCUT2D eigenvalue weighted by Crippen LogP contribution is 2.11. The summed E-state index contributed by atoms with van der Waals surface area (Å²) < 4.78 is 0. The van der Waals surface area contributed by atoms with Crippen molar-refractivity contribution in [3.63, 3.8) is 0 Å². The number of amides is 1. The number of thiocarbonyl (C=S) groups is 1. The molecule has 2 rings (SSSR count). The van der Waals surface area contributed by atoms with E-state index >= 15 is 0 Å². The van der Waals surface area contributed by atoms with Crippen LogP contribution >= 0.6 is 12.2 Å². The lowest BCUT2D eigenvalue weighted by molar-refractivity contribution is -0.122. The Morgan fingerprint density at radius 1 is 1.26 bits per heavy atom. The summed E-state index contributed by atoms with van der Waals surface area (Å²) in [5, 5.41) is 15.3. The van der Waals surface area contributed by atoms with Gasteiger partial charge < -0.3 is 5.32 Å². The minimum absolute atomic E-state index is 0.0512. The molecule has 0 aliphatic carbocycles.